The Kier molecular flexibility index (Phi) is 5.84. The first-order chi connectivity index (χ1) is 12.6. The molecule has 0 aliphatic carbocycles. The van der Waals surface area contributed by atoms with Crippen molar-refractivity contribution in [1.82, 2.24) is 9.88 Å². The van der Waals surface area contributed by atoms with Crippen molar-refractivity contribution in [3.8, 4) is 0 Å². The average Bonchev–Trinajstić information content (AvgIpc) is 3.17. The first-order valence-corrected chi connectivity index (χ1v) is 8.91. The minimum Gasteiger partial charge on any atom is -0.372 e. The Bertz CT molecular complexity index is 740. The van der Waals surface area contributed by atoms with Crippen molar-refractivity contribution in [2.75, 3.05) is 29.9 Å². The summed E-state index contributed by atoms with van der Waals surface area (Å²) in [6.45, 7) is 4.03. The fourth-order valence-corrected chi connectivity index (χ4v) is 3.10. The number of nitrogens with one attached hydrogen (secondary N) is 1. The summed E-state index contributed by atoms with van der Waals surface area (Å²) < 4.78 is 0. The number of anilines is 2. The van der Waals surface area contributed by atoms with Crippen LogP contribution in [0.2, 0.25) is 0 Å². The minimum absolute atomic E-state index is 0.0120. The van der Waals surface area contributed by atoms with Gasteiger partial charge < -0.3 is 15.1 Å². The van der Waals surface area contributed by atoms with Gasteiger partial charge in [0.1, 0.15) is 6.54 Å². The fourth-order valence-electron chi connectivity index (χ4n) is 3.10. The molecule has 136 valence electrons. The van der Waals surface area contributed by atoms with Gasteiger partial charge in [0.05, 0.1) is 0 Å². The SMILES string of the molecule is CC(=O)N(CC(=O)Nc1ccc(N2CCCC2)cc1)Cc1cccnc1. The van der Waals surface area contributed by atoms with E-state index >= 15 is 0 Å². The van der Waals surface area contributed by atoms with Crippen LogP contribution in [0.15, 0.2) is 48.8 Å². The summed E-state index contributed by atoms with van der Waals surface area (Å²) in [5.41, 5.74) is 2.82. The molecule has 1 saturated heterocycles. The van der Waals surface area contributed by atoms with Crippen LogP contribution in [0.1, 0.15) is 25.3 Å². The molecule has 6 nitrogen and oxygen atoms in total. The highest BCUT2D eigenvalue weighted by Gasteiger charge is 2.15. The summed E-state index contributed by atoms with van der Waals surface area (Å²) in [5.74, 6) is -0.355. The molecule has 1 N–H and O–H groups in total. The largest absolute Gasteiger partial charge is 0.372 e. The zero-order chi connectivity index (χ0) is 18.4. The van der Waals surface area contributed by atoms with Gasteiger partial charge in [-0.3, -0.25) is 14.6 Å². The molecule has 2 aromatic rings. The zero-order valence-corrected chi connectivity index (χ0v) is 15.0. The first-order valence-electron chi connectivity index (χ1n) is 8.91. The Morgan fingerprint density at radius 3 is 2.50 bits per heavy atom. The van der Waals surface area contributed by atoms with E-state index in [1.165, 1.54) is 30.4 Å². The van der Waals surface area contributed by atoms with Crippen LogP contribution in [0, 0.1) is 0 Å². The van der Waals surface area contributed by atoms with Gasteiger partial charge in [0.25, 0.3) is 0 Å². The van der Waals surface area contributed by atoms with Crippen LogP contribution >= 0.6 is 0 Å². The molecule has 1 fully saturated rings. The second kappa shape index (κ2) is 8.47. The van der Waals surface area contributed by atoms with E-state index < -0.39 is 0 Å². The van der Waals surface area contributed by atoms with Crippen molar-refractivity contribution in [2.45, 2.75) is 26.3 Å². The molecule has 0 saturated carbocycles. The number of carbonyl (C=O) groups excluding carboxylic acids is 2. The lowest BCUT2D eigenvalue weighted by Crippen LogP contribution is -2.36. The molecular formula is C20H24N4O2. The normalized spacial score (nSPS) is 13.5. The monoisotopic (exact) mass is 352 g/mol. The van der Waals surface area contributed by atoms with Crippen LogP contribution in [-0.4, -0.2) is 41.3 Å². The van der Waals surface area contributed by atoms with Crippen LogP contribution in [0.3, 0.4) is 0 Å². The first kappa shape index (κ1) is 17.9. The van der Waals surface area contributed by atoms with Crippen molar-refractivity contribution in [3.05, 3.63) is 54.4 Å². The van der Waals surface area contributed by atoms with Crippen LogP contribution in [0.5, 0.6) is 0 Å². The Morgan fingerprint density at radius 1 is 1.15 bits per heavy atom. The summed E-state index contributed by atoms with van der Waals surface area (Å²) in [4.78, 5) is 32.1. The molecule has 1 aromatic heterocycles. The van der Waals surface area contributed by atoms with E-state index in [1.807, 2.05) is 36.4 Å². The van der Waals surface area contributed by atoms with Gasteiger partial charge in [-0.25, -0.2) is 0 Å². The molecule has 6 heteroatoms. The highest BCUT2D eigenvalue weighted by atomic mass is 16.2. The lowest BCUT2D eigenvalue weighted by Gasteiger charge is -2.21. The van der Waals surface area contributed by atoms with Gasteiger partial charge in [-0.2, -0.15) is 0 Å². The predicted molar refractivity (Wildman–Crippen MR) is 102 cm³/mol. The predicted octanol–water partition coefficient (Wildman–Crippen LogP) is 2.67. The van der Waals surface area contributed by atoms with E-state index in [0.29, 0.717) is 6.54 Å². The molecule has 26 heavy (non-hydrogen) atoms. The number of rotatable bonds is 6. The van der Waals surface area contributed by atoms with E-state index in [9.17, 15) is 9.59 Å². The summed E-state index contributed by atoms with van der Waals surface area (Å²) in [5, 5.41) is 2.86. The molecule has 0 spiro atoms. The Balaban J connectivity index is 1.56. The van der Waals surface area contributed by atoms with E-state index in [1.54, 1.807) is 12.4 Å². The molecule has 0 radical (unpaired) electrons. The molecule has 1 aromatic carbocycles. The number of benzene rings is 1. The third-order valence-corrected chi connectivity index (χ3v) is 4.50. The van der Waals surface area contributed by atoms with Gasteiger partial charge >= 0.3 is 0 Å². The fraction of sp³-hybridized carbons (Fsp3) is 0.350. The lowest BCUT2D eigenvalue weighted by molar-refractivity contribution is -0.133. The number of nitrogens with zero attached hydrogens (tertiary/aromatic N) is 3. The van der Waals surface area contributed by atoms with Gasteiger partial charge in [0.2, 0.25) is 11.8 Å². The third-order valence-electron chi connectivity index (χ3n) is 4.50. The van der Waals surface area contributed by atoms with E-state index in [0.717, 1.165) is 24.3 Å². The van der Waals surface area contributed by atoms with Crippen LogP contribution < -0.4 is 10.2 Å². The Labute approximate surface area is 153 Å². The number of amides is 2. The second-order valence-corrected chi connectivity index (χ2v) is 6.53. The molecule has 2 heterocycles. The summed E-state index contributed by atoms with van der Waals surface area (Å²) in [7, 11) is 0. The lowest BCUT2D eigenvalue weighted by atomic mass is 10.2. The highest BCUT2D eigenvalue weighted by molar-refractivity contribution is 5.94. The molecule has 0 unspecified atom stereocenters. The maximum absolute atomic E-state index is 12.3. The highest BCUT2D eigenvalue weighted by Crippen LogP contribution is 2.22. The quantitative estimate of drug-likeness (QED) is 0.868. The average molecular weight is 352 g/mol. The van der Waals surface area contributed by atoms with Gasteiger partial charge in [-0.1, -0.05) is 6.07 Å². The molecule has 0 atom stereocenters. The van der Waals surface area contributed by atoms with Crippen molar-refractivity contribution >= 4 is 23.2 Å². The summed E-state index contributed by atoms with van der Waals surface area (Å²) >= 11 is 0. The molecule has 1 aliphatic rings. The van der Waals surface area contributed by atoms with E-state index in [2.05, 4.69) is 15.2 Å². The van der Waals surface area contributed by atoms with Crippen molar-refractivity contribution < 1.29 is 9.59 Å². The summed E-state index contributed by atoms with van der Waals surface area (Å²) in [6.07, 6.45) is 5.84. The van der Waals surface area contributed by atoms with Crippen molar-refractivity contribution in [1.29, 1.82) is 0 Å². The van der Waals surface area contributed by atoms with Crippen LogP contribution in [0.4, 0.5) is 11.4 Å². The van der Waals surface area contributed by atoms with Crippen LogP contribution in [-0.2, 0) is 16.1 Å². The topological polar surface area (TPSA) is 65.5 Å². The third kappa shape index (κ3) is 4.81. The van der Waals surface area contributed by atoms with Crippen molar-refractivity contribution in [3.63, 3.8) is 0 Å². The van der Waals surface area contributed by atoms with E-state index in [-0.39, 0.29) is 18.4 Å². The van der Waals surface area contributed by atoms with Crippen LogP contribution in [0.25, 0.3) is 0 Å². The van der Waals surface area contributed by atoms with Gasteiger partial charge in [-0.15, -0.1) is 0 Å². The second-order valence-electron chi connectivity index (χ2n) is 6.53. The molecule has 2 amide bonds. The van der Waals surface area contributed by atoms with Crippen molar-refractivity contribution in [2.24, 2.45) is 0 Å². The number of hydrogen-bond acceptors (Lipinski definition) is 4. The number of pyridine rings is 1. The molecule has 1 aliphatic heterocycles. The zero-order valence-electron chi connectivity index (χ0n) is 15.0. The number of aromatic nitrogens is 1. The van der Waals surface area contributed by atoms with Gasteiger partial charge in [0.15, 0.2) is 0 Å². The maximum Gasteiger partial charge on any atom is 0.244 e. The smallest absolute Gasteiger partial charge is 0.244 e. The summed E-state index contributed by atoms with van der Waals surface area (Å²) in [6, 6.07) is 11.6. The number of hydrogen-bond donors (Lipinski definition) is 1. The molecule has 3 rings (SSSR count). The minimum atomic E-state index is -0.210. The maximum atomic E-state index is 12.3. The number of carbonyl (C=O) groups is 2. The van der Waals surface area contributed by atoms with E-state index in [4.69, 9.17) is 0 Å². The Hall–Kier alpha value is -2.89. The molecular weight excluding hydrogens is 328 g/mol. The molecule has 0 bridgehead atoms. The standard InChI is InChI=1S/C20H24N4O2/c1-16(25)24(14-17-5-4-10-21-13-17)15-20(26)22-18-6-8-19(9-7-18)23-11-2-3-12-23/h4-10,13H,2-3,11-12,14-15H2,1H3,(H,22,26). The van der Waals surface area contributed by atoms with Gasteiger partial charge in [-0.05, 0) is 48.7 Å². The van der Waals surface area contributed by atoms with Gasteiger partial charge in [0, 0.05) is 50.3 Å². The Morgan fingerprint density at radius 2 is 1.88 bits per heavy atom.